The fourth-order valence-corrected chi connectivity index (χ4v) is 4.66. The van der Waals surface area contributed by atoms with Gasteiger partial charge in [-0.3, -0.25) is 8.99 Å². The van der Waals surface area contributed by atoms with E-state index in [2.05, 4.69) is 17.3 Å². The van der Waals surface area contributed by atoms with Gasteiger partial charge in [0.1, 0.15) is 0 Å². The number of nitrogens with zero attached hydrogens (tertiary/aromatic N) is 3. The van der Waals surface area contributed by atoms with Crippen LogP contribution in [0.1, 0.15) is 26.0 Å². The lowest BCUT2D eigenvalue weighted by Gasteiger charge is -2.26. The third-order valence-electron chi connectivity index (χ3n) is 3.72. The summed E-state index contributed by atoms with van der Waals surface area (Å²) in [5.74, 6) is 0.239. The first-order chi connectivity index (χ1) is 8.49. The molecule has 1 aromatic rings. The van der Waals surface area contributed by atoms with E-state index in [1.807, 2.05) is 11.6 Å². The molecule has 3 heterocycles. The molecule has 18 heavy (non-hydrogen) atoms. The third kappa shape index (κ3) is 1.73. The summed E-state index contributed by atoms with van der Waals surface area (Å²) in [5.41, 5.74) is 1.73. The van der Waals surface area contributed by atoms with Crippen LogP contribution >= 0.6 is 0 Å². The standard InChI is InChI=1S/C11H18N4O2S/c1-8-7-14-10(5-12-8)11(6-13-14)15-9(2)3-4-18(15,16)17/h6,8-9,12H,3-5,7H2,1-2H3/t8-,9?/m0/s1. The van der Waals surface area contributed by atoms with Crippen molar-refractivity contribution in [1.82, 2.24) is 15.1 Å². The Morgan fingerprint density at radius 1 is 1.44 bits per heavy atom. The van der Waals surface area contributed by atoms with Gasteiger partial charge in [0.25, 0.3) is 0 Å². The Kier molecular flexibility index (Phi) is 2.63. The van der Waals surface area contributed by atoms with Gasteiger partial charge in [0.15, 0.2) is 0 Å². The first kappa shape index (κ1) is 12.0. The number of nitrogens with one attached hydrogen (secondary N) is 1. The van der Waals surface area contributed by atoms with E-state index in [1.165, 1.54) is 0 Å². The van der Waals surface area contributed by atoms with Gasteiger partial charge in [0, 0.05) is 18.6 Å². The number of sulfonamides is 1. The van der Waals surface area contributed by atoms with Gasteiger partial charge in [-0.25, -0.2) is 8.42 Å². The van der Waals surface area contributed by atoms with Gasteiger partial charge in [-0.2, -0.15) is 5.10 Å². The molecule has 6 nitrogen and oxygen atoms in total. The largest absolute Gasteiger partial charge is 0.307 e. The van der Waals surface area contributed by atoms with Crippen LogP contribution < -0.4 is 9.62 Å². The number of aromatic nitrogens is 2. The summed E-state index contributed by atoms with van der Waals surface area (Å²) in [6.07, 6.45) is 2.38. The highest BCUT2D eigenvalue weighted by Gasteiger charge is 2.37. The average molecular weight is 270 g/mol. The summed E-state index contributed by atoms with van der Waals surface area (Å²) < 4.78 is 27.6. The van der Waals surface area contributed by atoms with E-state index >= 15 is 0 Å². The first-order valence-electron chi connectivity index (χ1n) is 6.29. The Bertz CT molecular complexity index is 566. The second kappa shape index (κ2) is 3.96. The fourth-order valence-electron chi connectivity index (χ4n) is 2.72. The average Bonchev–Trinajstić information content (AvgIpc) is 2.80. The zero-order valence-electron chi connectivity index (χ0n) is 10.6. The van der Waals surface area contributed by atoms with Crippen LogP contribution in [0.3, 0.4) is 0 Å². The predicted molar refractivity (Wildman–Crippen MR) is 68.9 cm³/mol. The maximum absolute atomic E-state index is 12.1. The van der Waals surface area contributed by atoms with Crippen molar-refractivity contribution < 1.29 is 8.42 Å². The molecule has 2 atom stereocenters. The van der Waals surface area contributed by atoms with E-state index in [-0.39, 0.29) is 11.8 Å². The predicted octanol–water partition coefficient (Wildman–Crippen LogP) is 0.303. The monoisotopic (exact) mass is 270 g/mol. The van der Waals surface area contributed by atoms with Gasteiger partial charge < -0.3 is 5.32 Å². The second-order valence-electron chi connectivity index (χ2n) is 5.19. The number of hydrogen-bond acceptors (Lipinski definition) is 4. The Hall–Kier alpha value is -1.08. The van der Waals surface area contributed by atoms with Crippen LogP contribution in [0.4, 0.5) is 5.69 Å². The van der Waals surface area contributed by atoms with E-state index in [1.54, 1.807) is 10.5 Å². The molecule has 0 amide bonds. The van der Waals surface area contributed by atoms with Gasteiger partial charge in [-0.05, 0) is 20.3 Å². The summed E-state index contributed by atoms with van der Waals surface area (Å²) in [5, 5.41) is 7.67. The molecule has 0 saturated carbocycles. The van der Waals surface area contributed by atoms with Gasteiger partial charge >= 0.3 is 0 Å². The molecule has 0 bridgehead atoms. The molecule has 2 aliphatic rings. The van der Waals surface area contributed by atoms with Crippen LogP contribution in [0.5, 0.6) is 0 Å². The highest BCUT2D eigenvalue weighted by atomic mass is 32.2. The molecule has 1 N–H and O–H groups in total. The lowest BCUT2D eigenvalue weighted by Crippen LogP contribution is -2.38. The summed E-state index contributed by atoms with van der Waals surface area (Å²) in [6.45, 7) is 5.51. The van der Waals surface area contributed by atoms with Crippen molar-refractivity contribution in [2.24, 2.45) is 0 Å². The van der Waals surface area contributed by atoms with Crippen LogP contribution in [-0.2, 0) is 23.1 Å². The van der Waals surface area contributed by atoms with Crippen LogP contribution in [0.2, 0.25) is 0 Å². The summed E-state index contributed by atoms with van der Waals surface area (Å²) in [7, 11) is -3.15. The molecule has 7 heteroatoms. The quantitative estimate of drug-likeness (QED) is 0.797. The van der Waals surface area contributed by atoms with E-state index in [0.717, 1.165) is 17.9 Å². The van der Waals surface area contributed by atoms with Crippen molar-refractivity contribution in [3.63, 3.8) is 0 Å². The molecule has 1 fully saturated rings. The number of rotatable bonds is 1. The Balaban J connectivity index is 2.03. The maximum atomic E-state index is 12.1. The van der Waals surface area contributed by atoms with Crippen LogP contribution in [0.25, 0.3) is 0 Å². The molecule has 3 rings (SSSR count). The molecule has 100 valence electrons. The molecule has 0 spiro atoms. The molecule has 1 saturated heterocycles. The molecule has 1 unspecified atom stereocenters. The van der Waals surface area contributed by atoms with Crippen LogP contribution in [-0.4, -0.2) is 36.0 Å². The first-order valence-corrected chi connectivity index (χ1v) is 7.90. The van der Waals surface area contributed by atoms with E-state index < -0.39 is 10.0 Å². The molecule has 1 aromatic heterocycles. The van der Waals surface area contributed by atoms with Gasteiger partial charge in [-0.15, -0.1) is 0 Å². The molecule has 0 aliphatic carbocycles. The number of fused-ring (bicyclic) bond motifs is 1. The minimum absolute atomic E-state index is 0.0308. The van der Waals surface area contributed by atoms with E-state index in [9.17, 15) is 8.42 Å². The van der Waals surface area contributed by atoms with Crippen LogP contribution in [0.15, 0.2) is 6.20 Å². The van der Waals surface area contributed by atoms with E-state index in [0.29, 0.717) is 19.0 Å². The molecular formula is C11H18N4O2S. The summed E-state index contributed by atoms with van der Waals surface area (Å²) in [6, 6.07) is 0.404. The van der Waals surface area contributed by atoms with Gasteiger partial charge in [-0.1, -0.05) is 0 Å². The second-order valence-corrected chi connectivity index (χ2v) is 7.16. The zero-order chi connectivity index (χ0) is 12.9. The van der Waals surface area contributed by atoms with Crippen LogP contribution in [0, 0.1) is 0 Å². The highest BCUT2D eigenvalue weighted by molar-refractivity contribution is 7.93. The SMILES string of the molecule is CC1CCS(=O)(=O)N1c1cnn2c1CN[C@@H](C)C2. The van der Waals surface area contributed by atoms with Crippen molar-refractivity contribution in [3.8, 4) is 0 Å². The van der Waals surface area contributed by atoms with Crippen molar-refractivity contribution in [2.45, 2.75) is 45.4 Å². The smallest absolute Gasteiger partial charge is 0.235 e. The fraction of sp³-hybridized carbons (Fsp3) is 0.727. The van der Waals surface area contributed by atoms with Crippen molar-refractivity contribution >= 4 is 15.7 Å². The highest BCUT2D eigenvalue weighted by Crippen LogP contribution is 2.32. The minimum Gasteiger partial charge on any atom is -0.307 e. The Labute approximate surface area is 107 Å². The maximum Gasteiger partial charge on any atom is 0.235 e. The molecule has 0 aromatic carbocycles. The minimum atomic E-state index is -3.15. The van der Waals surface area contributed by atoms with Gasteiger partial charge in [0.05, 0.1) is 29.9 Å². The topological polar surface area (TPSA) is 67.2 Å². The van der Waals surface area contributed by atoms with Crippen molar-refractivity contribution in [2.75, 3.05) is 10.1 Å². The summed E-state index contributed by atoms with van der Waals surface area (Å²) >= 11 is 0. The number of anilines is 1. The van der Waals surface area contributed by atoms with Gasteiger partial charge in [0.2, 0.25) is 10.0 Å². The molecular weight excluding hydrogens is 252 g/mol. The molecule has 0 radical (unpaired) electrons. The Morgan fingerprint density at radius 2 is 2.22 bits per heavy atom. The van der Waals surface area contributed by atoms with E-state index in [4.69, 9.17) is 0 Å². The van der Waals surface area contributed by atoms with Crippen molar-refractivity contribution in [1.29, 1.82) is 0 Å². The number of hydrogen-bond donors (Lipinski definition) is 1. The third-order valence-corrected chi connectivity index (χ3v) is 5.63. The Morgan fingerprint density at radius 3 is 2.89 bits per heavy atom. The summed E-state index contributed by atoms with van der Waals surface area (Å²) in [4.78, 5) is 0. The lowest BCUT2D eigenvalue weighted by atomic mass is 10.2. The normalized spacial score (nSPS) is 30.4. The van der Waals surface area contributed by atoms with Crippen molar-refractivity contribution in [3.05, 3.63) is 11.9 Å². The molecule has 2 aliphatic heterocycles. The lowest BCUT2D eigenvalue weighted by molar-refractivity contribution is 0.389. The zero-order valence-corrected chi connectivity index (χ0v) is 11.4.